The number of methoxy groups -OCH3 is 1. The molecule has 2 heterocycles. The van der Waals surface area contributed by atoms with Gasteiger partial charge < -0.3 is 14.8 Å². The van der Waals surface area contributed by atoms with Crippen molar-refractivity contribution in [2.75, 3.05) is 31.1 Å². The highest BCUT2D eigenvalue weighted by Crippen LogP contribution is 2.34. The zero-order valence-electron chi connectivity index (χ0n) is 18.9. The van der Waals surface area contributed by atoms with Crippen molar-refractivity contribution in [3.63, 3.8) is 0 Å². The van der Waals surface area contributed by atoms with Gasteiger partial charge in [0.05, 0.1) is 29.9 Å². The third kappa shape index (κ3) is 4.09. The second kappa shape index (κ2) is 9.02. The molecule has 5 rings (SSSR count). The highest BCUT2D eigenvalue weighted by atomic mass is 32.2. The average Bonchev–Trinajstić information content (AvgIpc) is 3.32. The molecule has 7 nitrogen and oxygen atoms in total. The van der Waals surface area contributed by atoms with Gasteiger partial charge in [-0.2, -0.15) is 0 Å². The number of hydrogen-bond donors (Lipinski definition) is 1. The van der Waals surface area contributed by atoms with Gasteiger partial charge in [0.25, 0.3) is 15.9 Å². The topological polar surface area (TPSA) is 84.9 Å². The molecule has 0 saturated heterocycles. The van der Waals surface area contributed by atoms with Crippen LogP contribution in [0, 0.1) is 5.92 Å². The number of para-hydroxylation sites is 2. The number of carbonyl (C=O) groups is 1. The van der Waals surface area contributed by atoms with Crippen LogP contribution in [0.4, 0.5) is 5.69 Å². The predicted octanol–water partition coefficient (Wildman–Crippen LogP) is 3.43. The maximum Gasteiger partial charge on any atom is 0.264 e. The maximum atomic E-state index is 13.4. The van der Waals surface area contributed by atoms with Gasteiger partial charge in [-0.3, -0.25) is 9.10 Å². The van der Waals surface area contributed by atoms with Crippen LogP contribution in [0.15, 0.2) is 71.6 Å². The molecule has 1 atom stereocenters. The summed E-state index contributed by atoms with van der Waals surface area (Å²) in [7, 11) is -2.36. The lowest BCUT2D eigenvalue weighted by molar-refractivity contribution is 0.0935. The number of anilines is 1. The fourth-order valence-electron chi connectivity index (χ4n) is 4.56. The Balaban J connectivity index is 1.35. The molecular formula is C26H26N2O5S. The number of nitrogens with one attached hydrogen (secondary N) is 1. The molecule has 0 unspecified atom stereocenters. The second-order valence-electron chi connectivity index (χ2n) is 8.52. The van der Waals surface area contributed by atoms with Crippen molar-refractivity contribution in [2.45, 2.75) is 17.7 Å². The number of hydrogen-bond acceptors (Lipinski definition) is 5. The van der Waals surface area contributed by atoms with E-state index in [0.29, 0.717) is 37.6 Å². The fraction of sp³-hybridized carbons (Fsp3) is 0.269. The molecule has 2 aliphatic rings. The van der Waals surface area contributed by atoms with Crippen LogP contribution in [-0.4, -0.2) is 41.1 Å². The van der Waals surface area contributed by atoms with E-state index in [0.717, 1.165) is 23.3 Å². The van der Waals surface area contributed by atoms with Gasteiger partial charge in [-0.25, -0.2) is 8.42 Å². The highest BCUT2D eigenvalue weighted by Gasteiger charge is 2.31. The fourth-order valence-corrected chi connectivity index (χ4v) is 6.09. The molecular weight excluding hydrogens is 452 g/mol. The van der Waals surface area contributed by atoms with Crippen LogP contribution < -0.4 is 19.1 Å². The zero-order valence-corrected chi connectivity index (χ0v) is 19.7. The van der Waals surface area contributed by atoms with Crippen molar-refractivity contribution in [1.29, 1.82) is 0 Å². The van der Waals surface area contributed by atoms with Gasteiger partial charge in [-0.1, -0.05) is 36.4 Å². The third-order valence-corrected chi connectivity index (χ3v) is 8.16. The lowest BCUT2D eigenvalue weighted by Crippen LogP contribution is -2.35. The van der Waals surface area contributed by atoms with Gasteiger partial charge in [0, 0.05) is 19.0 Å². The Bertz CT molecular complexity index is 1340. The van der Waals surface area contributed by atoms with Crippen LogP contribution in [0.25, 0.3) is 0 Å². The van der Waals surface area contributed by atoms with Gasteiger partial charge >= 0.3 is 0 Å². The first kappa shape index (κ1) is 22.3. The second-order valence-corrected chi connectivity index (χ2v) is 10.4. The molecule has 2 aliphatic heterocycles. The molecule has 34 heavy (non-hydrogen) atoms. The Morgan fingerprint density at radius 1 is 1.09 bits per heavy atom. The number of ether oxygens (including phenoxy) is 2. The van der Waals surface area contributed by atoms with Crippen molar-refractivity contribution in [3.05, 3.63) is 83.4 Å². The number of rotatable bonds is 6. The molecule has 0 saturated carbocycles. The molecule has 3 aromatic rings. The third-order valence-electron chi connectivity index (χ3n) is 6.36. The summed E-state index contributed by atoms with van der Waals surface area (Å²) in [6, 6.07) is 19.8. The molecule has 0 fully saturated rings. The summed E-state index contributed by atoms with van der Waals surface area (Å²) in [4.78, 5) is 13.1. The van der Waals surface area contributed by atoms with Crippen LogP contribution in [0.3, 0.4) is 0 Å². The molecule has 176 valence electrons. The standard InChI is InChI=1S/C26H26N2O5S/c1-32-25-11-10-21(34(30,31)28-13-12-19-6-2-4-8-23(19)28)15-22(25)26(29)27-16-18-14-20-7-3-5-9-24(20)33-17-18/h2-11,15,18H,12-14,16-17H2,1H3,(H,27,29)/t18-/m1/s1. The normalized spacial score (nSPS) is 16.9. The summed E-state index contributed by atoms with van der Waals surface area (Å²) >= 11 is 0. The number of carbonyl (C=O) groups excluding carboxylic acids is 1. The van der Waals surface area contributed by atoms with E-state index >= 15 is 0 Å². The van der Waals surface area contributed by atoms with Crippen LogP contribution in [-0.2, 0) is 22.9 Å². The van der Waals surface area contributed by atoms with E-state index in [4.69, 9.17) is 9.47 Å². The lowest BCUT2D eigenvalue weighted by Gasteiger charge is -2.25. The van der Waals surface area contributed by atoms with Crippen molar-refractivity contribution in [2.24, 2.45) is 5.92 Å². The Labute approximate surface area is 199 Å². The van der Waals surface area contributed by atoms with Gasteiger partial charge in [0.15, 0.2) is 0 Å². The van der Waals surface area contributed by atoms with Crippen molar-refractivity contribution >= 4 is 21.6 Å². The SMILES string of the molecule is COc1ccc(S(=O)(=O)N2CCc3ccccc32)cc1C(=O)NC[C@@H]1COc2ccccc2C1. The summed E-state index contributed by atoms with van der Waals surface area (Å²) in [6.07, 6.45) is 1.46. The Morgan fingerprint density at radius 2 is 1.85 bits per heavy atom. The van der Waals surface area contributed by atoms with Crippen LogP contribution in [0.5, 0.6) is 11.5 Å². The van der Waals surface area contributed by atoms with Gasteiger partial charge in [-0.15, -0.1) is 0 Å². The molecule has 0 spiro atoms. The molecule has 8 heteroatoms. The van der Waals surface area contributed by atoms with Crippen molar-refractivity contribution in [1.82, 2.24) is 5.32 Å². The zero-order chi connectivity index (χ0) is 23.7. The molecule has 1 amide bonds. The van der Waals surface area contributed by atoms with Crippen molar-refractivity contribution in [3.8, 4) is 11.5 Å². The summed E-state index contributed by atoms with van der Waals surface area (Å²) in [5, 5.41) is 2.93. The van der Waals surface area contributed by atoms with Gasteiger partial charge in [-0.05, 0) is 54.3 Å². The minimum absolute atomic E-state index is 0.0603. The van der Waals surface area contributed by atoms with E-state index in [-0.39, 0.29) is 22.3 Å². The highest BCUT2D eigenvalue weighted by molar-refractivity contribution is 7.92. The summed E-state index contributed by atoms with van der Waals surface area (Å²) in [5.74, 6) is 0.948. The average molecular weight is 479 g/mol. The summed E-state index contributed by atoms with van der Waals surface area (Å²) in [5.41, 5.74) is 2.98. The molecule has 0 aliphatic carbocycles. The lowest BCUT2D eigenvalue weighted by atomic mass is 9.96. The molecule has 3 aromatic carbocycles. The van der Waals surface area contributed by atoms with Gasteiger partial charge in [0.1, 0.15) is 11.5 Å². The molecule has 0 radical (unpaired) electrons. The number of fused-ring (bicyclic) bond motifs is 2. The first-order valence-corrected chi connectivity index (χ1v) is 12.7. The van der Waals surface area contributed by atoms with E-state index in [1.165, 1.54) is 29.6 Å². The van der Waals surface area contributed by atoms with E-state index in [9.17, 15) is 13.2 Å². The summed E-state index contributed by atoms with van der Waals surface area (Å²) in [6.45, 7) is 1.29. The first-order valence-electron chi connectivity index (χ1n) is 11.2. The van der Waals surface area contributed by atoms with Crippen LogP contribution >= 0.6 is 0 Å². The quantitative estimate of drug-likeness (QED) is 0.587. The number of sulfonamides is 1. The molecule has 1 N–H and O–H groups in total. The minimum Gasteiger partial charge on any atom is -0.496 e. The minimum atomic E-state index is -3.82. The number of benzene rings is 3. The predicted molar refractivity (Wildman–Crippen MR) is 129 cm³/mol. The van der Waals surface area contributed by atoms with Crippen molar-refractivity contribution < 1.29 is 22.7 Å². The van der Waals surface area contributed by atoms with E-state index in [1.54, 1.807) is 6.07 Å². The first-order chi connectivity index (χ1) is 16.5. The Morgan fingerprint density at radius 3 is 2.68 bits per heavy atom. The monoisotopic (exact) mass is 478 g/mol. The number of nitrogens with zero attached hydrogens (tertiary/aromatic N) is 1. The van der Waals surface area contributed by atoms with E-state index in [1.807, 2.05) is 42.5 Å². The van der Waals surface area contributed by atoms with Crippen LogP contribution in [0.1, 0.15) is 21.5 Å². The summed E-state index contributed by atoms with van der Waals surface area (Å²) < 4.78 is 39.4. The van der Waals surface area contributed by atoms with Gasteiger partial charge in [0.2, 0.25) is 0 Å². The van der Waals surface area contributed by atoms with E-state index < -0.39 is 10.0 Å². The molecule has 0 aromatic heterocycles. The Kier molecular flexibility index (Phi) is 5.91. The molecule has 0 bridgehead atoms. The van der Waals surface area contributed by atoms with E-state index in [2.05, 4.69) is 5.32 Å². The Hall–Kier alpha value is -3.52. The largest absolute Gasteiger partial charge is 0.496 e. The smallest absolute Gasteiger partial charge is 0.264 e. The van der Waals surface area contributed by atoms with Crippen LogP contribution in [0.2, 0.25) is 0 Å². The number of amides is 1. The maximum absolute atomic E-state index is 13.4.